The predicted molar refractivity (Wildman–Crippen MR) is 78.8 cm³/mol. The summed E-state index contributed by atoms with van der Waals surface area (Å²) in [6, 6.07) is 7.55. The van der Waals surface area contributed by atoms with Crippen molar-refractivity contribution in [3.63, 3.8) is 0 Å². The van der Waals surface area contributed by atoms with Crippen molar-refractivity contribution < 1.29 is 9.59 Å². The van der Waals surface area contributed by atoms with E-state index in [2.05, 4.69) is 22.8 Å². The number of nitrogens with one attached hydrogen (secondary N) is 2. The Balaban J connectivity index is 1.92. The quantitative estimate of drug-likeness (QED) is 0.841. The van der Waals surface area contributed by atoms with Gasteiger partial charge in [-0.1, -0.05) is 23.7 Å². The summed E-state index contributed by atoms with van der Waals surface area (Å²) in [6.45, 7) is 2.02. The highest BCUT2D eigenvalue weighted by molar-refractivity contribution is 6.30. The second kappa shape index (κ2) is 6.27. The molecule has 1 aliphatic carbocycles. The summed E-state index contributed by atoms with van der Waals surface area (Å²) < 4.78 is 0. The molecule has 0 radical (unpaired) electrons. The average Bonchev–Trinajstić information content (AvgIpc) is 2.40. The molecule has 1 aromatic rings. The second-order valence-electron chi connectivity index (χ2n) is 5.60. The van der Waals surface area contributed by atoms with Gasteiger partial charge in [-0.2, -0.15) is 0 Å². The first-order valence-corrected chi connectivity index (χ1v) is 7.18. The predicted octanol–water partition coefficient (Wildman–Crippen LogP) is 3.21. The Morgan fingerprint density at radius 2 is 1.90 bits per heavy atom. The lowest BCUT2D eigenvalue weighted by atomic mass is 9.75. The highest BCUT2D eigenvalue weighted by Gasteiger charge is 2.32. The molecule has 0 heterocycles. The molecular formula is C15H19ClN2O2. The Labute approximate surface area is 123 Å². The van der Waals surface area contributed by atoms with E-state index in [0.29, 0.717) is 12.3 Å². The highest BCUT2D eigenvalue weighted by atomic mass is 35.5. The Kier molecular flexibility index (Phi) is 4.65. The fourth-order valence-electron chi connectivity index (χ4n) is 2.81. The van der Waals surface area contributed by atoms with Crippen LogP contribution in [0.4, 0.5) is 4.79 Å². The minimum absolute atomic E-state index is 0.240. The zero-order valence-corrected chi connectivity index (χ0v) is 12.2. The lowest BCUT2D eigenvalue weighted by molar-refractivity contribution is -0.108. The molecule has 1 aliphatic rings. The Morgan fingerprint density at radius 3 is 2.45 bits per heavy atom. The number of carbonyl (C=O) groups excluding carboxylic acids is 2. The van der Waals surface area contributed by atoms with E-state index in [1.807, 2.05) is 19.1 Å². The molecule has 4 nitrogen and oxygen atoms in total. The molecular weight excluding hydrogens is 276 g/mol. The van der Waals surface area contributed by atoms with Crippen molar-refractivity contribution in [2.75, 3.05) is 0 Å². The number of benzene rings is 1. The number of urea groups is 1. The zero-order chi connectivity index (χ0) is 14.6. The first-order valence-electron chi connectivity index (χ1n) is 6.80. The molecule has 2 rings (SSSR count). The molecule has 3 amide bonds. The van der Waals surface area contributed by atoms with Crippen LogP contribution in [0.5, 0.6) is 0 Å². The summed E-state index contributed by atoms with van der Waals surface area (Å²) in [5.74, 6) is 0.510. The van der Waals surface area contributed by atoms with Crippen LogP contribution in [-0.4, -0.2) is 18.0 Å². The molecule has 1 fully saturated rings. The van der Waals surface area contributed by atoms with Gasteiger partial charge < -0.3 is 5.32 Å². The number of amides is 3. The second-order valence-corrected chi connectivity index (χ2v) is 6.04. The van der Waals surface area contributed by atoms with Crippen LogP contribution in [-0.2, 0) is 4.79 Å². The number of rotatable bonds is 3. The standard InChI is InChI=1S/C15H19ClN2O2/c1-15(18-14(20)17-10-19)8-6-12(7-9-15)11-2-4-13(16)5-3-11/h2-5,10,12H,6-9H2,1H3,(H2,17,18,19,20). The first-order chi connectivity index (χ1) is 9.52. The maximum Gasteiger partial charge on any atom is 0.321 e. The molecule has 0 aromatic heterocycles. The van der Waals surface area contributed by atoms with Gasteiger partial charge in [-0.3, -0.25) is 10.1 Å². The fraction of sp³-hybridized carbons (Fsp3) is 0.467. The summed E-state index contributed by atoms with van der Waals surface area (Å²) in [6.07, 6.45) is 4.22. The van der Waals surface area contributed by atoms with Crippen molar-refractivity contribution in [2.24, 2.45) is 0 Å². The van der Waals surface area contributed by atoms with Crippen LogP contribution in [0.1, 0.15) is 44.1 Å². The number of carbonyl (C=O) groups is 2. The minimum atomic E-state index is -0.424. The van der Waals surface area contributed by atoms with Crippen LogP contribution in [0, 0.1) is 0 Å². The fourth-order valence-corrected chi connectivity index (χ4v) is 2.94. The molecule has 0 atom stereocenters. The first kappa shape index (κ1) is 14.9. The van der Waals surface area contributed by atoms with Gasteiger partial charge in [-0.05, 0) is 56.2 Å². The van der Waals surface area contributed by atoms with E-state index < -0.39 is 6.03 Å². The van der Waals surface area contributed by atoms with Gasteiger partial charge >= 0.3 is 6.03 Å². The molecule has 20 heavy (non-hydrogen) atoms. The molecule has 0 spiro atoms. The molecule has 108 valence electrons. The number of halogens is 1. The zero-order valence-electron chi connectivity index (χ0n) is 11.5. The largest absolute Gasteiger partial charge is 0.333 e. The molecule has 1 aromatic carbocycles. The van der Waals surface area contributed by atoms with Crippen molar-refractivity contribution >= 4 is 24.0 Å². The monoisotopic (exact) mass is 294 g/mol. The maximum atomic E-state index is 11.4. The molecule has 1 saturated carbocycles. The van der Waals surface area contributed by atoms with Crippen molar-refractivity contribution in [1.82, 2.24) is 10.6 Å². The topological polar surface area (TPSA) is 58.2 Å². The molecule has 5 heteroatoms. The minimum Gasteiger partial charge on any atom is -0.333 e. The smallest absolute Gasteiger partial charge is 0.321 e. The van der Waals surface area contributed by atoms with Crippen molar-refractivity contribution in [3.05, 3.63) is 34.9 Å². The lowest BCUT2D eigenvalue weighted by Gasteiger charge is -2.38. The third-order valence-electron chi connectivity index (χ3n) is 4.04. The Morgan fingerprint density at radius 1 is 1.30 bits per heavy atom. The third kappa shape index (κ3) is 3.73. The van der Waals surface area contributed by atoms with Gasteiger partial charge in [0.2, 0.25) is 6.41 Å². The molecule has 0 bridgehead atoms. The molecule has 0 aliphatic heterocycles. The Bertz CT molecular complexity index is 479. The van der Waals surface area contributed by atoms with Gasteiger partial charge in [-0.15, -0.1) is 0 Å². The maximum absolute atomic E-state index is 11.4. The summed E-state index contributed by atoms with van der Waals surface area (Å²) >= 11 is 5.90. The SMILES string of the molecule is CC1(NC(=O)NC=O)CCC(c2ccc(Cl)cc2)CC1. The molecule has 0 saturated heterocycles. The van der Waals surface area contributed by atoms with Crippen LogP contribution in [0.25, 0.3) is 0 Å². The van der Waals surface area contributed by atoms with E-state index in [1.165, 1.54) is 5.56 Å². The van der Waals surface area contributed by atoms with E-state index in [0.717, 1.165) is 30.7 Å². The van der Waals surface area contributed by atoms with E-state index >= 15 is 0 Å². The molecule has 2 N–H and O–H groups in total. The van der Waals surface area contributed by atoms with Gasteiger partial charge in [0.25, 0.3) is 0 Å². The summed E-state index contributed by atoms with van der Waals surface area (Å²) in [5, 5.41) is 5.75. The van der Waals surface area contributed by atoms with E-state index in [1.54, 1.807) is 0 Å². The Hall–Kier alpha value is -1.55. The number of imide groups is 1. The van der Waals surface area contributed by atoms with Gasteiger partial charge in [0.15, 0.2) is 0 Å². The van der Waals surface area contributed by atoms with Crippen molar-refractivity contribution in [1.29, 1.82) is 0 Å². The number of hydrogen-bond acceptors (Lipinski definition) is 2. The van der Waals surface area contributed by atoms with Crippen LogP contribution >= 0.6 is 11.6 Å². The van der Waals surface area contributed by atoms with Gasteiger partial charge in [-0.25, -0.2) is 4.79 Å². The van der Waals surface area contributed by atoms with Crippen LogP contribution in [0.3, 0.4) is 0 Å². The van der Waals surface area contributed by atoms with Crippen molar-refractivity contribution in [3.8, 4) is 0 Å². The van der Waals surface area contributed by atoms with Gasteiger partial charge in [0.05, 0.1) is 0 Å². The average molecular weight is 295 g/mol. The third-order valence-corrected chi connectivity index (χ3v) is 4.29. The van der Waals surface area contributed by atoms with Crippen LogP contribution in [0.2, 0.25) is 5.02 Å². The number of hydrogen-bond donors (Lipinski definition) is 2. The summed E-state index contributed by atoms with van der Waals surface area (Å²) in [7, 11) is 0. The van der Waals surface area contributed by atoms with E-state index in [-0.39, 0.29) is 5.54 Å². The van der Waals surface area contributed by atoms with Gasteiger partial charge in [0.1, 0.15) is 0 Å². The van der Waals surface area contributed by atoms with Crippen LogP contribution < -0.4 is 10.6 Å². The normalized spacial score (nSPS) is 25.8. The lowest BCUT2D eigenvalue weighted by Crippen LogP contribution is -2.51. The van der Waals surface area contributed by atoms with E-state index in [4.69, 9.17) is 11.6 Å². The van der Waals surface area contributed by atoms with Crippen LogP contribution in [0.15, 0.2) is 24.3 Å². The van der Waals surface area contributed by atoms with Crippen molar-refractivity contribution in [2.45, 2.75) is 44.1 Å². The summed E-state index contributed by atoms with van der Waals surface area (Å²) in [4.78, 5) is 21.7. The van der Waals surface area contributed by atoms with Gasteiger partial charge in [0, 0.05) is 10.6 Å². The highest BCUT2D eigenvalue weighted by Crippen LogP contribution is 2.38. The van der Waals surface area contributed by atoms with E-state index in [9.17, 15) is 9.59 Å². The molecule has 0 unspecified atom stereocenters. The summed E-state index contributed by atoms with van der Waals surface area (Å²) in [5.41, 5.74) is 1.06.